The molecule has 0 bridgehead atoms. The van der Waals surface area contributed by atoms with E-state index in [-0.39, 0.29) is 44.3 Å². The van der Waals surface area contributed by atoms with Gasteiger partial charge in [0.05, 0.1) is 46.3 Å². The molecule has 4 N–H and O–H groups in total. The maximum Gasteiger partial charge on any atom is 0.0944 e. The third-order valence-corrected chi connectivity index (χ3v) is 5.80. The second kappa shape index (κ2) is 46.5. The summed E-state index contributed by atoms with van der Waals surface area (Å²) >= 11 is 5.27. The summed E-state index contributed by atoms with van der Waals surface area (Å²) in [4.78, 5) is 0. The average molecular weight is 685 g/mol. The van der Waals surface area contributed by atoms with Crippen molar-refractivity contribution in [1.29, 1.82) is 0 Å². The van der Waals surface area contributed by atoms with Crippen LogP contribution in [-0.2, 0) is 24.2 Å². The fraction of sp³-hybridized carbons (Fsp3) is 0.806. The number of epoxide rings is 1. The number of hydrogen-bond acceptors (Lipinski definition) is 4. The molecular weight excluding hydrogens is 616 g/mol. The number of nitrogens with one attached hydrogen (secondary N) is 2. The van der Waals surface area contributed by atoms with Crippen molar-refractivity contribution in [3.05, 3.63) is 38.0 Å². The van der Waals surface area contributed by atoms with Gasteiger partial charge in [-0.15, -0.1) is 56.2 Å². The van der Waals surface area contributed by atoms with E-state index in [1.165, 1.54) is 83.6 Å². The van der Waals surface area contributed by atoms with E-state index in [1.54, 1.807) is 6.08 Å². The van der Waals surface area contributed by atoms with E-state index in [0.717, 1.165) is 37.3 Å². The number of halogens is 3. The van der Waals surface area contributed by atoms with Crippen LogP contribution >= 0.6 is 36.4 Å². The van der Waals surface area contributed by atoms with E-state index < -0.39 is 0 Å². The number of ether oxygens (including phenoxy) is 1. The summed E-state index contributed by atoms with van der Waals surface area (Å²) in [6.07, 6.45) is 22.5. The van der Waals surface area contributed by atoms with Crippen molar-refractivity contribution < 1.29 is 28.7 Å². The largest absolute Gasteiger partial charge is 0.372 e. The van der Waals surface area contributed by atoms with Crippen molar-refractivity contribution in [2.45, 2.75) is 90.1 Å². The fourth-order valence-electron chi connectivity index (χ4n) is 3.14. The first-order chi connectivity index (χ1) is 17.8. The Labute approximate surface area is 281 Å². The maximum atomic E-state index is 5.27. The van der Waals surface area contributed by atoms with Crippen LogP contribution in [0.4, 0.5) is 0 Å². The van der Waals surface area contributed by atoms with Gasteiger partial charge in [0.2, 0.25) is 0 Å². The third-order valence-electron chi connectivity index (χ3n) is 5.46. The molecular formula is C31H68Cl3N4OZn+. The van der Waals surface area contributed by atoms with Gasteiger partial charge in [0.15, 0.2) is 0 Å². The first-order valence-corrected chi connectivity index (χ1v) is 15.3. The smallest absolute Gasteiger partial charge is 0.0944 e. The molecule has 0 saturated carbocycles. The molecule has 0 radical (unpaired) electrons. The SMILES string of the molecule is C=CCN.C=CCNCCCCCCCCCC.C=CCNCCCCCC[N+](C)(C)C.Cl.Cl.ClC[C@@H]1CO1.[Zn]. The summed E-state index contributed by atoms with van der Waals surface area (Å²) in [5, 5.41) is 6.65. The van der Waals surface area contributed by atoms with Crippen LogP contribution < -0.4 is 16.4 Å². The van der Waals surface area contributed by atoms with Gasteiger partial charge in [-0.3, -0.25) is 0 Å². The molecule has 0 unspecified atom stereocenters. The minimum absolute atomic E-state index is 0. The Bertz CT molecular complexity index is 466. The summed E-state index contributed by atoms with van der Waals surface area (Å²) in [7, 11) is 6.77. The molecule has 1 aliphatic heterocycles. The molecule has 1 fully saturated rings. The molecule has 5 nitrogen and oxygen atoms in total. The molecule has 1 atom stereocenters. The van der Waals surface area contributed by atoms with Crippen molar-refractivity contribution >= 4 is 36.4 Å². The zero-order chi connectivity index (χ0) is 28.5. The molecule has 0 aromatic rings. The van der Waals surface area contributed by atoms with Gasteiger partial charge in [-0.05, 0) is 38.8 Å². The number of hydrogen-bond donors (Lipinski definition) is 3. The van der Waals surface area contributed by atoms with Gasteiger partial charge in [-0.2, -0.15) is 0 Å². The minimum atomic E-state index is 0. The number of nitrogens with zero attached hydrogens (tertiary/aromatic N) is 1. The Kier molecular flexibility index (Phi) is 61.7. The van der Waals surface area contributed by atoms with Crippen LogP contribution in [-0.4, -0.2) is 83.5 Å². The van der Waals surface area contributed by atoms with E-state index in [0.29, 0.717) is 18.5 Å². The standard InChI is InChI=1S/C13H27N.C12H27N2.C3H5ClO.C3H7N.2ClH.Zn/c1-3-5-6-7-8-9-10-11-13-14-12-4-2;1-5-10-13-11-8-6-7-9-12-14(2,3)4;4-1-3-2-5-3;1-2-3-4;;;/h4,14H,2-3,5-13H2,1H3;5,13H,1,6-12H2,2-4H3;3H,1-2H2;2H,1,3-4H2;2*1H;/q;+1;;;;;/t;;3-;;;;/m..1..../s1. The fourth-order valence-corrected chi connectivity index (χ4v) is 3.32. The summed E-state index contributed by atoms with van der Waals surface area (Å²) in [5.74, 6) is 0.667. The Morgan fingerprint density at radius 3 is 1.43 bits per heavy atom. The number of alkyl halides is 1. The molecule has 0 spiro atoms. The first-order valence-electron chi connectivity index (χ1n) is 14.7. The molecule has 1 heterocycles. The van der Waals surface area contributed by atoms with E-state index >= 15 is 0 Å². The summed E-state index contributed by atoms with van der Waals surface area (Å²) in [6.45, 7) is 19.9. The average Bonchev–Trinajstić information content (AvgIpc) is 3.72. The van der Waals surface area contributed by atoms with E-state index in [1.807, 2.05) is 12.2 Å². The Morgan fingerprint density at radius 2 is 1.15 bits per heavy atom. The predicted octanol–water partition coefficient (Wildman–Crippen LogP) is 7.53. The van der Waals surface area contributed by atoms with Crippen LogP contribution in [0.1, 0.15) is 84.0 Å². The second-order valence-electron chi connectivity index (χ2n) is 10.5. The maximum absolute atomic E-state index is 5.27. The quantitative estimate of drug-likeness (QED) is 0.0276. The Morgan fingerprint density at radius 1 is 0.775 bits per heavy atom. The van der Waals surface area contributed by atoms with E-state index in [4.69, 9.17) is 22.1 Å². The molecule has 9 heteroatoms. The van der Waals surface area contributed by atoms with Crippen molar-refractivity contribution in [3.8, 4) is 0 Å². The van der Waals surface area contributed by atoms with Crippen molar-refractivity contribution in [2.24, 2.45) is 5.73 Å². The van der Waals surface area contributed by atoms with Crippen molar-refractivity contribution in [2.75, 3.05) is 72.9 Å². The summed E-state index contributed by atoms with van der Waals surface area (Å²) in [5.41, 5.74) is 4.91. The molecule has 240 valence electrons. The zero-order valence-electron chi connectivity index (χ0n) is 26.9. The van der Waals surface area contributed by atoms with Crippen LogP contribution in [0.5, 0.6) is 0 Å². The van der Waals surface area contributed by atoms with E-state index in [2.05, 4.69) is 58.4 Å². The van der Waals surface area contributed by atoms with Gasteiger partial charge in [-0.1, -0.05) is 76.5 Å². The van der Waals surface area contributed by atoms with Gasteiger partial charge in [0.25, 0.3) is 0 Å². The van der Waals surface area contributed by atoms with Crippen LogP contribution in [0.2, 0.25) is 0 Å². The van der Waals surface area contributed by atoms with Gasteiger partial charge in [0, 0.05) is 39.1 Å². The van der Waals surface area contributed by atoms with Gasteiger partial charge >= 0.3 is 0 Å². The van der Waals surface area contributed by atoms with Gasteiger partial charge < -0.3 is 25.6 Å². The number of unbranched alkanes of at least 4 members (excludes halogenated alkanes) is 10. The van der Waals surface area contributed by atoms with Crippen LogP contribution in [0, 0.1) is 0 Å². The summed E-state index contributed by atoms with van der Waals surface area (Å²) in [6, 6.07) is 0. The van der Waals surface area contributed by atoms with Crippen LogP contribution in [0.3, 0.4) is 0 Å². The van der Waals surface area contributed by atoms with Crippen LogP contribution in [0.25, 0.3) is 0 Å². The monoisotopic (exact) mass is 681 g/mol. The van der Waals surface area contributed by atoms with Gasteiger partial charge in [-0.25, -0.2) is 0 Å². The Balaban J connectivity index is -0.000000104. The summed E-state index contributed by atoms with van der Waals surface area (Å²) < 4.78 is 5.82. The molecule has 0 aromatic carbocycles. The normalized spacial score (nSPS) is 12.6. The van der Waals surface area contributed by atoms with Crippen molar-refractivity contribution in [3.63, 3.8) is 0 Å². The number of nitrogens with two attached hydrogens (primary N) is 1. The van der Waals surface area contributed by atoms with Crippen LogP contribution in [0.15, 0.2) is 38.0 Å². The molecule has 1 aliphatic rings. The Hall–Kier alpha value is 0.513. The molecule has 1 saturated heterocycles. The molecule has 0 aromatic heterocycles. The number of rotatable bonds is 22. The van der Waals surface area contributed by atoms with Gasteiger partial charge in [0.1, 0.15) is 0 Å². The molecule has 1 rings (SSSR count). The zero-order valence-corrected chi connectivity index (χ0v) is 32.3. The predicted molar refractivity (Wildman–Crippen MR) is 184 cm³/mol. The topological polar surface area (TPSA) is 62.6 Å². The molecule has 0 amide bonds. The first kappa shape index (κ1) is 53.1. The molecule has 0 aliphatic carbocycles. The second-order valence-corrected chi connectivity index (χ2v) is 10.8. The third kappa shape index (κ3) is 66.7. The minimum Gasteiger partial charge on any atom is -0.372 e. The van der Waals surface area contributed by atoms with E-state index in [9.17, 15) is 0 Å². The molecule has 40 heavy (non-hydrogen) atoms. The van der Waals surface area contributed by atoms with Crippen molar-refractivity contribution in [1.82, 2.24) is 10.6 Å². The number of quaternary nitrogens is 1.